The van der Waals surface area contributed by atoms with E-state index < -0.39 is 0 Å². The van der Waals surface area contributed by atoms with Gasteiger partial charge in [0.25, 0.3) is 0 Å². The van der Waals surface area contributed by atoms with E-state index in [-0.39, 0.29) is 17.2 Å². The van der Waals surface area contributed by atoms with Gasteiger partial charge in [0.2, 0.25) is 0 Å². The van der Waals surface area contributed by atoms with Crippen LogP contribution in [0.15, 0.2) is 104 Å². The van der Waals surface area contributed by atoms with Crippen molar-refractivity contribution in [2.24, 2.45) is 0 Å². The molecule has 0 aliphatic carbocycles. The van der Waals surface area contributed by atoms with E-state index in [0.29, 0.717) is 39.2 Å². The van der Waals surface area contributed by atoms with Crippen LogP contribution in [0.4, 0.5) is 39.8 Å². The molecule has 0 bridgehead atoms. The van der Waals surface area contributed by atoms with Crippen LogP contribution in [-0.2, 0) is 4.74 Å². The van der Waals surface area contributed by atoms with E-state index in [9.17, 15) is 15.3 Å². The zero-order valence-electron chi connectivity index (χ0n) is 52.6. The molecule has 5 fully saturated rings. The van der Waals surface area contributed by atoms with Crippen LogP contribution < -0.4 is 36.0 Å². The Hall–Kier alpha value is -8.95. The monoisotopic (exact) mass is 1210 g/mol. The van der Waals surface area contributed by atoms with Gasteiger partial charge >= 0.3 is 0 Å². The van der Waals surface area contributed by atoms with Crippen LogP contribution in [0.5, 0.6) is 17.2 Å². The van der Waals surface area contributed by atoms with Crippen LogP contribution in [0.2, 0.25) is 0 Å². The van der Waals surface area contributed by atoms with Crippen LogP contribution >= 0.6 is 0 Å². The highest BCUT2D eigenvalue weighted by Crippen LogP contribution is 2.34. The number of nitrogens with zero attached hydrogens (tertiary/aromatic N) is 15. The molecule has 0 radical (unpaired) electrons. The molecule has 7 N–H and O–H groups in total. The number of nitrogen functional groups attached to an aromatic ring is 2. The second-order valence-electron chi connectivity index (χ2n) is 22.1. The molecule has 0 aromatic heterocycles. The van der Waals surface area contributed by atoms with Crippen LogP contribution in [0.25, 0.3) is 0 Å². The number of aromatic hydroxyl groups is 3. The van der Waals surface area contributed by atoms with Gasteiger partial charge in [-0.1, -0.05) is 57.2 Å². The van der Waals surface area contributed by atoms with Crippen molar-refractivity contribution in [1.82, 2.24) is 24.5 Å². The molecule has 0 saturated carbocycles. The highest BCUT2D eigenvalue weighted by Gasteiger charge is 2.24. The summed E-state index contributed by atoms with van der Waals surface area (Å²) in [5.74, 6) is 0.299. The van der Waals surface area contributed by atoms with E-state index >= 15 is 0 Å². The summed E-state index contributed by atoms with van der Waals surface area (Å²) in [5.41, 5.74) is 19.7. The van der Waals surface area contributed by atoms with Crippen molar-refractivity contribution in [3.05, 3.63) is 131 Å². The summed E-state index contributed by atoms with van der Waals surface area (Å²) in [6.45, 7) is 35.4. The summed E-state index contributed by atoms with van der Waals surface area (Å²) >= 11 is 0. The van der Waals surface area contributed by atoms with Gasteiger partial charge in [-0.25, -0.2) is 0 Å². The number of rotatable bonds is 14. The first-order valence-corrected chi connectivity index (χ1v) is 31.0. The van der Waals surface area contributed by atoms with Crippen molar-refractivity contribution in [2.45, 2.75) is 27.2 Å². The summed E-state index contributed by atoms with van der Waals surface area (Å²) in [5, 5.41) is 74.7. The number of benzene rings is 5. The highest BCUT2D eigenvalue weighted by molar-refractivity contribution is 5.75. The minimum absolute atomic E-state index is 0.0929. The van der Waals surface area contributed by atoms with E-state index in [1.165, 1.54) is 13.0 Å². The molecule has 21 heteroatoms. The molecule has 0 unspecified atom stereocenters. The van der Waals surface area contributed by atoms with Crippen molar-refractivity contribution >= 4 is 39.8 Å². The summed E-state index contributed by atoms with van der Waals surface area (Å²) < 4.78 is 5.07. The first-order chi connectivity index (χ1) is 43.3. The number of likely N-dealkylation sites (N-methyl/N-ethyl adjacent to an activating group) is 2. The van der Waals surface area contributed by atoms with Crippen molar-refractivity contribution in [2.75, 3.05) is 213 Å². The Kier molecular flexibility index (Phi) is 28.3. The van der Waals surface area contributed by atoms with E-state index in [2.05, 4.69) is 88.5 Å². The SMILES string of the molecule is C=CCN1CCN(c2cccc(C#N)c2O)CC1.CCCN1CCN(c2cccc(C#N)c2N)CC1.CCN1CCN(c2cccc(C#N)c2N)CC1.CCN1CCN(c2cccc(C#N)c2O)CC1.COCCN1CCN(c2cccc(C#N)c2O)CC1. The third kappa shape index (κ3) is 19.5. The molecular weight excluding hydrogens is 1120 g/mol. The first-order valence-electron chi connectivity index (χ1n) is 31.0. The number of phenols is 3. The zero-order chi connectivity index (χ0) is 64.1. The summed E-state index contributed by atoms with van der Waals surface area (Å²) in [4.78, 5) is 22.9. The fourth-order valence-electron chi connectivity index (χ4n) is 11.4. The Balaban J connectivity index is 0.000000177. The van der Waals surface area contributed by atoms with Gasteiger partial charge in [-0.3, -0.25) is 14.7 Å². The molecule has 10 rings (SSSR count). The quantitative estimate of drug-likeness (QED) is 0.0555. The number of para-hydroxylation sites is 5. The van der Waals surface area contributed by atoms with Crippen molar-refractivity contribution in [3.8, 4) is 47.6 Å². The van der Waals surface area contributed by atoms with Gasteiger partial charge in [-0.2, -0.15) is 26.3 Å². The van der Waals surface area contributed by atoms with Crippen LogP contribution in [0.3, 0.4) is 0 Å². The molecule has 0 amide bonds. The van der Waals surface area contributed by atoms with Gasteiger partial charge in [0.1, 0.15) is 30.3 Å². The number of hydrogen-bond acceptors (Lipinski definition) is 21. The van der Waals surface area contributed by atoms with Gasteiger partial charge in [0.15, 0.2) is 17.2 Å². The second kappa shape index (κ2) is 36.4. The molecule has 89 heavy (non-hydrogen) atoms. The van der Waals surface area contributed by atoms with Crippen LogP contribution in [-0.4, -0.2) is 217 Å². The number of phenolic OH excluding ortho intramolecular Hbond substituents is 3. The van der Waals surface area contributed by atoms with Crippen molar-refractivity contribution < 1.29 is 20.1 Å². The molecule has 0 spiro atoms. The number of anilines is 7. The summed E-state index contributed by atoms with van der Waals surface area (Å²) in [7, 11) is 1.71. The minimum atomic E-state index is 0.0929. The van der Waals surface area contributed by atoms with Crippen molar-refractivity contribution in [1.29, 1.82) is 26.3 Å². The Morgan fingerprint density at radius 1 is 0.404 bits per heavy atom. The lowest BCUT2D eigenvalue weighted by molar-refractivity contribution is 0.144. The molecular formula is C68H91N17O4. The van der Waals surface area contributed by atoms with E-state index in [0.717, 1.165) is 192 Å². The van der Waals surface area contributed by atoms with Gasteiger partial charge in [-0.15, -0.1) is 6.58 Å². The predicted octanol–water partition coefficient (Wildman–Crippen LogP) is 6.96. The third-order valence-electron chi connectivity index (χ3n) is 16.8. The topological polar surface area (TPSA) is 273 Å². The number of ether oxygens (including phenoxy) is 1. The first kappa shape index (κ1) is 69.2. The van der Waals surface area contributed by atoms with Crippen LogP contribution in [0.1, 0.15) is 55.0 Å². The largest absolute Gasteiger partial charge is 0.504 e. The maximum atomic E-state index is 10.1. The maximum Gasteiger partial charge on any atom is 0.156 e. The molecule has 5 aliphatic rings. The maximum absolute atomic E-state index is 10.1. The Labute approximate surface area is 528 Å². The third-order valence-corrected chi connectivity index (χ3v) is 16.8. The Morgan fingerprint density at radius 2 is 0.674 bits per heavy atom. The molecule has 5 saturated heterocycles. The lowest BCUT2D eigenvalue weighted by Crippen LogP contribution is -2.47. The number of nitriles is 5. The number of piperazine rings is 5. The van der Waals surface area contributed by atoms with Gasteiger partial charge in [-0.05, 0) is 86.7 Å². The number of hydrogen-bond donors (Lipinski definition) is 5. The second-order valence-corrected chi connectivity index (χ2v) is 22.1. The van der Waals surface area contributed by atoms with E-state index in [1.54, 1.807) is 37.4 Å². The lowest BCUT2D eigenvalue weighted by Gasteiger charge is -2.36. The normalized spacial score (nSPS) is 16.6. The molecule has 5 aromatic carbocycles. The minimum Gasteiger partial charge on any atom is -0.504 e. The Bertz CT molecular complexity index is 3150. The van der Waals surface area contributed by atoms with Gasteiger partial charge in [0, 0.05) is 151 Å². The smallest absolute Gasteiger partial charge is 0.156 e. The van der Waals surface area contributed by atoms with Crippen LogP contribution in [0, 0.1) is 56.7 Å². The molecule has 5 aromatic rings. The number of nitrogens with two attached hydrogens (primary N) is 2. The zero-order valence-corrected chi connectivity index (χ0v) is 52.6. The lowest BCUT2D eigenvalue weighted by atomic mass is 10.1. The summed E-state index contributed by atoms with van der Waals surface area (Å²) in [6, 6.07) is 37.6. The van der Waals surface area contributed by atoms with E-state index in [1.807, 2.05) is 84.9 Å². The molecule has 5 heterocycles. The standard InChI is InChI=1S/C14H20N4.C14H19N3O2.C14H17N3O.C13H18N4.C13H17N3O/c1-2-6-17-7-9-18(10-8-17)13-5-3-4-12(11-15)14(13)16;1-19-10-9-16-5-7-17(8-6-16)13-4-2-3-12(11-15)14(13)18;1-2-6-16-7-9-17(10-8-16)13-5-3-4-12(11-15)14(13)18;1-2-16-6-8-17(9-7-16)12-5-3-4-11(10-14)13(12)15;1-2-15-6-8-16(9-7-15)12-5-3-4-11(10-14)13(12)17/h3-5H,2,6-10,16H2,1H3;2-4,18H,5-10H2,1H3;2-5,18H,1,6-10H2;3-5H,2,6-9,15H2,1H3;3-5,17H,2,6-9H2,1H3. The van der Waals surface area contributed by atoms with Gasteiger partial charge in [0.05, 0.1) is 74.2 Å². The predicted molar refractivity (Wildman–Crippen MR) is 357 cm³/mol. The van der Waals surface area contributed by atoms with Gasteiger partial charge < -0.3 is 65.8 Å². The summed E-state index contributed by atoms with van der Waals surface area (Å²) in [6.07, 6.45) is 3.11. The molecule has 5 aliphatic heterocycles. The molecule has 472 valence electrons. The fraction of sp³-hybridized carbons (Fsp3) is 0.456. The average molecular weight is 1210 g/mol. The average Bonchev–Trinajstić information content (AvgIpc) is 2.57. The molecule has 0 atom stereocenters. The van der Waals surface area contributed by atoms with E-state index in [4.69, 9.17) is 42.5 Å². The Morgan fingerprint density at radius 3 is 0.955 bits per heavy atom. The van der Waals surface area contributed by atoms with Crippen molar-refractivity contribution in [3.63, 3.8) is 0 Å². The number of methoxy groups -OCH3 is 1. The fourth-order valence-corrected chi connectivity index (χ4v) is 11.4. The highest BCUT2D eigenvalue weighted by atomic mass is 16.5. The molecule has 21 nitrogen and oxygen atoms in total.